The fraction of sp³-hybridized carbons (Fsp3) is 0.500. The molecule has 0 saturated heterocycles. The first kappa shape index (κ1) is 11.0. The van der Waals surface area contributed by atoms with Crippen LogP contribution < -0.4 is 0 Å². The summed E-state index contributed by atoms with van der Waals surface area (Å²) in [7, 11) is 0. The quantitative estimate of drug-likeness (QED) is 0.440. The van der Waals surface area contributed by atoms with Crippen LogP contribution in [0, 0.1) is 24.2 Å². The number of terminal acetylenes is 1. The monoisotopic (exact) mass is 162 g/mol. The minimum Gasteiger partial charge on any atom is -0.119 e. The van der Waals surface area contributed by atoms with E-state index in [1.807, 2.05) is 13.0 Å². The lowest BCUT2D eigenvalue weighted by Gasteiger charge is -2.11. The van der Waals surface area contributed by atoms with Gasteiger partial charge in [0.1, 0.15) is 0 Å². The van der Waals surface area contributed by atoms with Crippen molar-refractivity contribution >= 4 is 0 Å². The van der Waals surface area contributed by atoms with Crippen LogP contribution in [0.1, 0.15) is 27.7 Å². The van der Waals surface area contributed by atoms with Crippen LogP contribution in [0.3, 0.4) is 0 Å². The van der Waals surface area contributed by atoms with Gasteiger partial charge in [-0.1, -0.05) is 36.6 Å². The van der Waals surface area contributed by atoms with E-state index < -0.39 is 0 Å². The van der Waals surface area contributed by atoms with Crippen molar-refractivity contribution in [3.05, 3.63) is 23.8 Å². The Morgan fingerprint density at radius 1 is 1.42 bits per heavy atom. The summed E-state index contributed by atoms with van der Waals surface area (Å²) >= 11 is 0. The Hall–Kier alpha value is -0.960. The lowest BCUT2D eigenvalue weighted by Crippen LogP contribution is -2.04. The third-order valence-electron chi connectivity index (χ3n) is 1.75. The first-order chi connectivity index (χ1) is 5.61. The SMILES string of the molecule is C#CC(/C=C\C)C(C)C=C(C)C. The summed E-state index contributed by atoms with van der Waals surface area (Å²) < 4.78 is 0. The molecule has 0 rings (SSSR count). The Morgan fingerprint density at radius 2 is 2.00 bits per heavy atom. The molecule has 0 heteroatoms. The van der Waals surface area contributed by atoms with E-state index >= 15 is 0 Å². The Kier molecular flexibility index (Phi) is 5.21. The predicted molar refractivity (Wildman–Crippen MR) is 55.7 cm³/mol. The Bertz CT molecular complexity index is 209. The molecule has 0 saturated carbocycles. The first-order valence-corrected chi connectivity index (χ1v) is 4.35. The summed E-state index contributed by atoms with van der Waals surface area (Å²) in [5.41, 5.74) is 1.33. The number of allylic oxidation sites excluding steroid dienone is 4. The molecule has 2 unspecified atom stereocenters. The van der Waals surface area contributed by atoms with Crippen LogP contribution in [0.2, 0.25) is 0 Å². The van der Waals surface area contributed by atoms with Crippen molar-refractivity contribution in [3.63, 3.8) is 0 Å². The van der Waals surface area contributed by atoms with E-state index in [9.17, 15) is 0 Å². The van der Waals surface area contributed by atoms with E-state index in [2.05, 4.69) is 38.8 Å². The molecule has 0 aliphatic rings. The number of hydrogen-bond donors (Lipinski definition) is 0. The van der Waals surface area contributed by atoms with Gasteiger partial charge in [0.15, 0.2) is 0 Å². The second-order valence-electron chi connectivity index (χ2n) is 3.32. The third-order valence-corrected chi connectivity index (χ3v) is 1.75. The van der Waals surface area contributed by atoms with Crippen LogP contribution in [0.5, 0.6) is 0 Å². The van der Waals surface area contributed by atoms with Crippen molar-refractivity contribution in [2.75, 3.05) is 0 Å². The summed E-state index contributed by atoms with van der Waals surface area (Å²) in [6.45, 7) is 8.34. The van der Waals surface area contributed by atoms with E-state index in [0.29, 0.717) is 5.92 Å². The zero-order chi connectivity index (χ0) is 9.56. The van der Waals surface area contributed by atoms with E-state index in [0.717, 1.165) is 0 Å². The van der Waals surface area contributed by atoms with Gasteiger partial charge in [-0.2, -0.15) is 0 Å². The second-order valence-corrected chi connectivity index (χ2v) is 3.32. The molecule has 0 heterocycles. The summed E-state index contributed by atoms with van der Waals surface area (Å²) in [5, 5.41) is 0. The van der Waals surface area contributed by atoms with Gasteiger partial charge in [0.2, 0.25) is 0 Å². The standard InChI is InChI=1S/C12H18/c1-6-8-12(7-2)11(5)9-10(3)4/h2,6,8-9,11-12H,1,3-5H3/b8-6-. The Balaban J connectivity index is 4.34. The van der Waals surface area contributed by atoms with E-state index in [-0.39, 0.29) is 5.92 Å². The highest BCUT2D eigenvalue weighted by molar-refractivity contribution is 5.12. The summed E-state index contributed by atoms with van der Waals surface area (Å²) in [5.74, 6) is 3.46. The molecule has 2 atom stereocenters. The molecule has 0 fully saturated rings. The second kappa shape index (κ2) is 5.66. The molecular weight excluding hydrogens is 144 g/mol. The third kappa shape index (κ3) is 4.03. The van der Waals surface area contributed by atoms with E-state index in [1.165, 1.54) is 5.57 Å². The minimum absolute atomic E-state index is 0.241. The maximum atomic E-state index is 5.40. The zero-order valence-electron chi connectivity index (χ0n) is 8.46. The molecule has 0 bridgehead atoms. The smallest absolute Gasteiger partial charge is 0.0440 e. The molecule has 0 N–H and O–H groups in total. The van der Waals surface area contributed by atoms with Crippen LogP contribution in [0.4, 0.5) is 0 Å². The van der Waals surface area contributed by atoms with E-state index in [1.54, 1.807) is 0 Å². The summed E-state index contributed by atoms with van der Waals surface area (Å²) in [4.78, 5) is 0. The lowest BCUT2D eigenvalue weighted by atomic mass is 9.93. The zero-order valence-corrected chi connectivity index (χ0v) is 8.46. The predicted octanol–water partition coefficient (Wildman–Crippen LogP) is 3.41. The van der Waals surface area contributed by atoms with Crippen LogP contribution in [0.25, 0.3) is 0 Å². The molecule has 12 heavy (non-hydrogen) atoms. The van der Waals surface area contributed by atoms with Crippen molar-refractivity contribution in [2.24, 2.45) is 11.8 Å². The van der Waals surface area contributed by atoms with Gasteiger partial charge >= 0.3 is 0 Å². The van der Waals surface area contributed by atoms with Crippen molar-refractivity contribution < 1.29 is 0 Å². The molecule has 0 aromatic heterocycles. The van der Waals surface area contributed by atoms with Gasteiger partial charge in [0, 0.05) is 5.92 Å². The van der Waals surface area contributed by atoms with Gasteiger partial charge in [-0.05, 0) is 26.7 Å². The van der Waals surface area contributed by atoms with Crippen LogP contribution >= 0.6 is 0 Å². The molecule has 0 nitrogen and oxygen atoms in total. The molecule has 0 amide bonds. The lowest BCUT2D eigenvalue weighted by molar-refractivity contribution is 0.625. The molecule has 0 aromatic rings. The molecular formula is C12H18. The molecule has 0 aliphatic heterocycles. The van der Waals surface area contributed by atoms with Crippen LogP contribution in [0.15, 0.2) is 23.8 Å². The first-order valence-electron chi connectivity index (χ1n) is 4.35. The maximum absolute atomic E-state index is 5.40. The topological polar surface area (TPSA) is 0 Å². The van der Waals surface area contributed by atoms with Gasteiger partial charge in [0.25, 0.3) is 0 Å². The van der Waals surface area contributed by atoms with Crippen molar-refractivity contribution in [1.82, 2.24) is 0 Å². The Morgan fingerprint density at radius 3 is 2.33 bits per heavy atom. The summed E-state index contributed by atoms with van der Waals surface area (Å²) in [6, 6.07) is 0. The average molecular weight is 162 g/mol. The van der Waals surface area contributed by atoms with Gasteiger partial charge in [-0.15, -0.1) is 6.42 Å². The molecule has 0 aromatic carbocycles. The van der Waals surface area contributed by atoms with Gasteiger partial charge in [0.05, 0.1) is 0 Å². The van der Waals surface area contributed by atoms with Crippen LogP contribution in [-0.4, -0.2) is 0 Å². The molecule has 0 radical (unpaired) electrons. The van der Waals surface area contributed by atoms with Crippen molar-refractivity contribution in [1.29, 1.82) is 0 Å². The van der Waals surface area contributed by atoms with Crippen molar-refractivity contribution in [2.45, 2.75) is 27.7 Å². The van der Waals surface area contributed by atoms with Crippen molar-refractivity contribution in [3.8, 4) is 12.3 Å². The highest BCUT2D eigenvalue weighted by atomic mass is 14.1. The highest BCUT2D eigenvalue weighted by Gasteiger charge is 2.07. The highest BCUT2D eigenvalue weighted by Crippen LogP contribution is 2.15. The van der Waals surface area contributed by atoms with Gasteiger partial charge < -0.3 is 0 Å². The minimum atomic E-state index is 0.241. The fourth-order valence-electron chi connectivity index (χ4n) is 1.22. The Labute approximate surface area is 76.4 Å². The maximum Gasteiger partial charge on any atom is 0.0440 e. The van der Waals surface area contributed by atoms with Crippen LogP contribution in [-0.2, 0) is 0 Å². The molecule has 66 valence electrons. The average Bonchev–Trinajstić information content (AvgIpc) is 1.98. The fourth-order valence-corrected chi connectivity index (χ4v) is 1.22. The summed E-state index contributed by atoms with van der Waals surface area (Å²) in [6.07, 6.45) is 11.7. The largest absolute Gasteiger partial charge is 0.119 e. The molecule has 0 spiro atoms. The number of rotatable bonds is 3. The van der Waals surface area contributed by atoms with E-state index in [4.69, 9.17) is 6.42 Å². The molecule has 0 aliphatic carbocycles. The van der Waals surface area contributed by atoms with Gasteiger partial charge in [-0.25, -0.2) is 0 Å². The van der Waals surface area contributed by atoms with Gasteiger partial charge in [-0.3, -0.25) is 0 Å². The normalized spacial score (nSPS) is 15.2. The number of hydrogen-bond acceptors (Lipinski definition) is 0.